The maximum Gasteiger partial charge on any atom is 0.410 e. The molecule has 0 unspecified atom stereocenters. The third-order valence-corrected chi connectivity index (χ3v) is 6.76. The summed E-state index contributed by atoms with van der Waals surface area (Å²) in [7, 11) is 0. The van der Waals surface area contributed by atoms with Crippen LogP contribution in [0.4, 0.5) is 4.79 Å². The van der Waals surface area contributed by atoms with Crippen molar-refractivity contribution in [1.29, 1.82) is 0 Å². The number of aliphatic carboxylic acids is 1. The number of amides is 1. The molecule has 0 aromatic heterocycles. The lowest BCUT2D eigenvalue weighted by atomic mass is 9.81. The van der Waals surface area contributed by atoms with Crippen molar-refractivity contribution < 1.29 is 24.2 Å². The minimum absolute atomic E-state index is 0.00750. The number of hydrogen-bond donors (Lipinski definition) is 1. The highest BCUT2D eigenvalue weighted by Crippen LogP contribution is 2.44. The van der Waals surface area contributed by atoms with Gasteiger partial charge in [-0.15, -0.1) is 0 Å². The highest BCUT2D eigenvalue weighted by atomic mass is 16.6. The third-order valence-electron chi connectivity index (χ3n) is 6.76. The predicted molar refractivity (Wildman–Crippen MR) is 110 cm³/mol. The van der Waals surface area contributed by atoms with Crippen molar-refractivity contribution in [2.75, 3.05) is 26.4 Å². The Morgan fingerprint density at radius 1 is 1.07 bits per heavy atom. The fraction of sp³-hybridized carbons (Fsp3) is 0.417. The summed E-state index contributed by atoms with van der Waals surface area (Å²) in [5, 5.41) is 9.53. The molecule has 0 bridgehead atoms. The maximum atomic E-state index is 13.1. The summed E-state index contributed by atoms with van der Waals surface area (Å²) in [5.41, 5.74) is 4.69. The molecular formula is C24H25NO5. The number of benzene rings is 2. The van der Waals surface area contributed by atoms with Crippen LogP contribution in [0, 0.1) is 11.8 Å². The van der Waals surface area contributed by atoms with Crippen LogP contribution in [0.15, 0.2) is 48.5 Å². The van der Waals surface area contributed by atoms with E-state index in [1.807, 2.05) is 24.3 Å². The number of carboxylic acids is 1. The molecule has 3 atom stereocenters. The van der Waals surface area contributed by atoms with Crippen molar-refractivity contribution in [2.24, 2.45) is 11.8 Å². The van der Waals surface area contributed by atoms with Crippen LogP contribution in [0.2, 0.25) is 0 Å². The minimum atomic E-state index is -0.865. The number of likely N-dealkylation sites (tertiary alicyclic amines) is 1. The zero-order chi connectivity index (χ0) is 20.7. The molecule has 3 aliphatic rings. The van der Waals surface area contributed by atoms with Crippen LogP contribution in [0.5, 0.6) is 0 Å². The first kappa shape index (κ1) is 19.1. The van der Waals surface area contributed by atoms with Gasteiger partial charge in [-0.05, 0) is 35.1 Å². The van der Waals surface area contributed by atoms with E-state index >= 15 is 0 Å². The van der Waals surface area contributed by atoms with Gasteiger partial charge in [0.2, 0.25) is 0 Å². The lowest BCUT2D eigenvalue weighted by Gasteiger charge is -2.45. The first-order chi connectivity index (χ1) is 14.6. The van der Waals surface area contributed by atoms with Crippen molar-refractivity contribution in [3.05, 3.63) is 59.7 Å². The molecule has 156 valence electrons. The lowest BCUT2D eigenvalue weighted by molar-refractivity contribution is -0.147. The van der Waals surface area contributed by atoms with Gasteiger partial charge in [0.05, 0.1) is 12.5 Å². The zero-order valence-corrected chi connectivity index (χ0v) is 16.7. The number of piperidine rings is 1. The second-order valence-electron chi connectivity index (χ2n) is 8.42. The summed E-state index contributed by atoms with van der Waals surface area (Å²) < 4.78 is 11.4. The van der Waals surface area contributed by atoms with Gasteiger partial charge in [0.25, 0.3) is 0 Å². The third kappa shape index (κ3) is 3.25. The van der Waals surface area contributed by atoms with Crippen LogP contribution in [-0.2, 0) is 14.3 Å². The van der Waals surface area contributed by atoms with E-state index in [9.17, 15) is 14.7 Å². The van der Waals surface area contributed by atoms with Gasteiger partial charge in [-0.3, -0.25) is 4.79 Å². The van der Waals surface area contributed by atoms with E-state index in [1.165, 1.54) is 11.1 Å². The van der Waals surface area contributed by atoms with Gasteiger partial charge in [0.15, 0.2) is 0 Å². The van der Waals surface area contributed by atoms with Crippen LogP contribution in [-0.4, -0.2) is 54.5 Å². The van der Waals surface area contributed by atoms with E-state index in [1.54, 1.807) is 4.90 Å². The molecule has 1 N–H and O–H groups in total. The molecular weight excluding hydrogens is 382 g/mol. The van der Waals surface area contributed by atoms with E-state index in [0.29, 0.717) is 19.6 Å². The summed E-state index contributed by atoms with van der Waals surface area (Å²) in [4.78, 5) is 26.3. The number of carbonyl (C=O) groups is 2. The van der Waals surface area contributed by atoms with Crippen LogP contribution in [0.25, 0.3) is 11.1 Å². The molecule has 2 saturated heterocycles. The number of hydrogen-bond acceptors (Lipinski definition) is 4. The van der Waals surface area contributed by atoms with E-state index in [2.05, 4.69) is 24.3 Å². The molecule has 0 saturated carbocycles. The second-order valence-corrected chi connectivity index (χ2v) is 8.42. The average Bonchev–Trinajstić information content (AvgIpc) is 3.10. The van der Waals surface area contributed by atoms with Gasteiger partial charge in [-0.2, -0.15) is 0 Å². The average molecular weight is 407 g/mol. The van der Waals surface area contributed by atoms with Crippen LogP contribution < -0.4 is 0 Å². The summed E-state index contributed by atoms with van der Waals surface area (Å²) in [5.74, 6) is -1.40. The number of nitrogens with zero attached hydrogens (tertiary/aromatic N) is 1. The smallest absolute Gasteiger partial charge is 0.410 e. The number of fused-ring (bicyclic) bond motifs is 4. The van der Waals surface area contributed by atoms with Gasteiger partial charge < -0.3 is 19.5 Å². The second kappa shape index (κ2) is 7.76. The fourth-order valence-corrected chi connectivity index (χ4v) is 5.30. The van der Waals surface area contributed by atoms with Gasteiger partial charge in [0, 0.05) is 31.0 Å². The Balaban J connectivity index is 1.35. The molecule has 2 aromatic rings. The van der Waals surface area contributed by atoms with Gasteiger partial charge in [-0.1, -0.05) is 48.5 Å². The van der Waals surface area contributed by atoms with Crippen molar-refractivity contribution in [2.45, 2.75) is 24.8 Å². The summed E-state index contributed by atoms with van der Waals surface area (Å²) in [6.07, 6.45) is 0.855. The van der Waals surface area contributed by atoms with E-state index in [-0.39, 0.29) is 31.0 Å². The number of carboxylic acid groups (broad SMARTS) is 1. The van der Waals surface area contributed by atoms with Crippen molar-refractivity contribution in [3.63, 3.8) is 0 Å². The number of carbonyl (C=O) groups excluding carboxylic acids is 1. The van der Waals surface area contributed by atoms with Crippen molar-refractivity contribution >= 4 is 12.1 Å². The topological polar surface area (TPSA) is 76.1 Å². The fourth-order valence-electron chi connectivity index (χ4n) is 5.30. The number of ether oxygens (including phenoxy) is 2. The molecule has 0 radical (unpaired) electrons. The standard InChI is InChI=1S/C24H25NO5/c26-23(27)15-11-16-13-29-10-9-22(16)25(12-15)24(28)30-14-21-19-7-3-1-5-17(19)18-6-2-4-8-20(18)21/h1-8,15-16,21-22H,9-14H2,(H,26,27)/t15-,16-,22-/m1/s1. The Bertz CT molecular complexity index is 928. The lowest BCUT2D eigenvalue weighted by Crippen LogP contribution is -2.56. The van der Waals surface area contributed by atoms with E-state index < -0.39 is 18.0 Å². The molecule has 1 amide bonds. The quantitative estimate of drug-likeness (QED) is 0.839. The first-order valence-corrected chi connectivity index (χ1v) is 10.6. The molecule has 2 aromatic carbocycles. The summed E-state index contributed by atoms with van der Waals surface area (Å²) in [6.45, 7) is 1.54. The molecule has 30 heavy (non-hydrogen) atoms. The Kier molecular flexibility index (Phi) is 4.95. The molecule has 2 aliphatic heterocycles. The largest absolute Gasteiger partial charge is 0.481 e. The van der Waals surface area contributed by atoms with Crippen LogP contribution in [0.1, 0.15) is 29.9 Å². The maximum absolute atomic E-state index is 13.1. The molecule has 6 nitrogen and oxygen atoms in total. The SMILES string of the molecule is O=C(O)[C@@H]1C[C@@H]2COCC[C@H]2N(C(=O)OCC2c3ccccc3-c3ccccc32)C1. The first-order valence-electron chi connectivity index (χ1n) is 10.6. The minimum Gasteiger partial charge on any atom is -0.481 e. The summed E-state index contributed by atoms with van der Waals surface area (Å²) >= 11 is 0. The Morgan fingerprint density at radius 3 is 2.40 bits per heavy atom. The monoisotopic (exact) mass is 407 g/mol. The van der Waals surface area contributed by atoms with Crippen molar-refractivity contribution in [3.8, 4) is 11.1 Å². The normalized spacial score (nSPS) is 25.2. The van der Waals surface area contributed by atoms with Crippen molar-refractivity contribution in [1.82, 2.24) is 4.90 Å². The Labute approximate surface area is 175 Å². The van der Waals surface area contributed by atoms with Gasteiger partial charge in [-0.25, -0.2) is 4.79 Å². The Hall–Kier alpha value is -2.86. The molecule has 2 fully saturated rings. The summed E-state index contributed by atoms with van der Waals surface area (Å²) in [6, 6.07) is 16.4. The van der Waals surface area contributed by atoms with Crippen LogP contribution in [0.3, 0.4) is 0 Å². The zero-order valence-electron chi connectivity index (χ0n) is 16.7. The number of rotatable bonds is 3. The molecule has 0 spiro atoms. The van der Waals surface area contributed by atoms with Gasteiger partial charge in [0.1, 0.15) is 6.61 Å². The molecule has 2 heterocycles. The molecule has 6 heteroatoms. The molecule has 1 aliphatic carbocycles. The van der Waals surface area contributed by atoms with E-state index in [4.69, 9.17) is 9.47 Å². The highest BCUT2D eigenvalue weighted by molar-refractivity contribution is 5.79. The molecule has 5 rings (SSSR count). The van der Waals surface area contributed by atoms with E-state index in [0.717, 1.165) is 17.5 Å². The Morgan fingerprint density at radius 2 is 1.73 bits per heavy atom. The van der Waals surface area contributed by atoms with Crippen LogP contribution >= 0.6 is 0 Å². The van der Waals surface area contributed by atoms with Gasteiger partial charge >= 0.3 is 12.1 Å². The predicted octanol–water partition coefficient (Wildman–Crippen LogP) is 3.75. The highest BCUT2D eigenvalue weighted by Gasteiger charge is 2.43.